The molecule has 12 heavy (non-hydrogen) atoms. The van der Waals surface area contributed by atoms with Crippen molar-refractivity contribution in [2.45, 2.75) is 18.6 Å². The van der Waals surface area contributed by atoms with Crippen LogP contribution in [0.1, 0.15) is 24.3 Å². The first-order chi connectivity index (χ1) is 5.55. The molecule has 0 bridgehead atoms. The average molecular weight is 190 g/mol. The summed E-state index contributed by atoms with van der Waals surface area (Å²) >= 11 is 0. The van der Waals surface area contributed by atoms with E-state index >= 15 is 0 Å². The number of aromatic amines is 1. The van der Waals surface area contributed by atoms with Crippen LogP contribution in [0.4, 0.5) is 0 Å². The topological polar surface area (TPSA) is 83.0 Å². The summed E-state index contributed by atoms with van der Waals surface area (Å²) < 4.78 is 30.3. The van der Waals surface area contributed by atoms with Gasteiger partial charge in [0.15, 0.2) is 0 Å². The summed E-state index contributed by atoms with van der Waals surface area (Å²) in [6.07, 6.45) is 3.09. The third-order valence-electron chi connectivity index (χ3n) is 1.60. The van der Waals surface area contributed by atoms with Crippen molar-refractivity contribution in [2.24, 2.45) is 0 Å². The molecule has 1 rings (SSSR count). The van der Waals surface area contributed by atoms with Crippen LogP contribution in [0.2, 0.25) is 0 Å². The van der Waals surface area contributed by atoms with Gasteiger partial charge in [0.2, 0.25) is 0 Å². The number of nitrogens with zero attached hydrogens (tertiary/aromatic N) is 1. The second-order valence-electron chi connectivity index (χ2n) is 2.42. The third-order valence-corrected chi connectivity index (χ3v) is 2.90. The Morgan fingerprint density at radius 3 is 2.75 bits per heavy atom. The molecule has 0 aliphatic heterocycles. The molecular weight excluding hydrogens is 180 g/mol. The molecule has 0 aliphatic rings. The van der Waals surface area contributed by atoms with Crippen LogP contribution in [0.25, 0.3) is 0 Å². The zero-order valence-corrected chi connectivity index (χ0v) is 7.37. The molecule has 2 N–H and O–H groups in total. The van der Waals surface area contributed by atoms with Crippen molar-refractivity contribution in [3.8, 4) is 0 Å². The maximum atomic E-state index is 10.8. The van der Waals surface area contributed by atoms with Crippen LogP contribution in [0, 0.1) is 0 Å². The van der Waals surface area contributed by atoms with Gasteiger partial charge in [0.05, 0.1) is 12.0 Å². The van der Waals surface area contributed by atoms with Gasteiger partial charge in [0, 0.05) is 6.20 Å². The molecule has 1 atom stereocenters. The maximum absolute atomic E-state index is 10.8. The van der Waals surface area contributed by atoms with Gasteiger partial charge in [-0.25, -0.2) is 4.98 Å². The zero-order valence-electron chi connectivity index (χ0n) is 6.56. The monoisotopic (exact) mass is 190 g/mol. The van der Waals surface area contributed by atoms with Crippen LogP contribution in [-0.2, 0) is 10.1 Å². The van der Waals surface area contributed by atoms with Gasteiger partial charge < -0.3 is 4.98 Å². The van der Waals surface area contributed by atoms with Crippen molar-refractivity contribution in [2.75, 3.05) is 0 Å². The van der Waals surface area contributed by atoms with Crippen molar-refractivity contribution in [1.82, 2.24) is 9.97 Å². The number of nitrogens with one attached hydrogen (secondary N) is 1. The lowest BCUT2D eigenvalue weighted by Gasteiger charge is -2.07. The fourth-order valence-electron chi connectivity index (χ4n) is 1.03. The Kier molecular flexibility index (Phi) is 2.49. The summed E-state index contributed by atoms with van der Waals surface area (Å²) in [6, 6.07) is 0. The van der Waals surface area contributed by atoms with Crippen molar-refractivity contribution >= 4 is 10.1 Å². The molecule has 1 heterocycles. The SMILES string of the molecule is CCC(c1cnc[nH]1)S(=O)(=O)O. The summed E-state index contributed by atoms with van der Waals surface area (Å²) in [6.45, 7) is 1.68. The molecule has 0 saturated carbocycles. The van der Waals surface area contributed by atoms with E-state index in [4.69, 9.17) is 4.55 Å². The van der Waals surface area contributed by atoms with Crippen LogP contribution in [0.5, 0.6) is 0 Å². The highest BCUT2D eigenvalue weighted by Crippen LogP contribution is 2.21. The Balaban J connectivity index is 3.00. The van der Waals surface area contributed by atoms with Gasteiger partial charge in [-0.1, -0.05) is 6.92 Å². The summed E-state index contributed by atoms with van der Waals surface area (Å²) in [5.74, 6) is 0. The molecule has 0 spiro atoms. The molecule has 6 heteroatoms. The number of hydrogen-bond acceptors (Lipinski definition) is 3. The van der Waals surface area contributed by atoms with Crippen molar-refractivity contribution in [3.05, 3.63) is 18.2 Å². The first kappa shape index (κ1) is 9.21. The molecule has 5 nitrogen and oxygen atoms in total. The molecule has 0 aromatic carbocycles. The highest BCUT2D eigenvalue weighted by Gasteiger charge is 2.23. The molecular formula is C6H10N2O3S. The van der Waals surface area contributed by atoms with Gasteiger partial charge in [-0.3, -0.25) is 4.55 Å². The van der Waals surface area contributed by atoms with E-state index in [1.54, 1.807) is 6.92 Å². The third kappa shape index (κ3) is 1.83. The van der Waals surface area contributed by atoms with Crippen LogP contribution in [0.15, 0.2) is 12.5 Å². The van der Waals surface area contributed by atoms with E-state index in [2.05, 4.69) is 9.97 Å². The zero-order chi connectivity index (χ0) is 9.19. The van der Waals surface area contributed by atoms with E-state index in [0.717, 1.165) is 0 Å². The van der Waals surface area contributed by atoms with Gasteiger partial charge >= 0.3 is 0 Å². The predicted molar refractivity (Wildman–Crippen MR) is 43.2 cm³/mol. The molecule has 0 saturated heterocycles. The molecule has 0 aliphatic carbocycles. The normalized spacial score (nSPS) is 14.5. The smallest absolute Gasteiger partial charge is 0.273 e. The summed E-state index contributed by atoms with van der Waals surface area (Å²) in [5.41, 5.74) is 0.417. The quantitative estimate of drug-likeness (QED) is 0.689. The van der Waals surface area contributed by atoms with Crippen molar-refractivity contribution in [3.63, 3.8) is 0 Å². The lowest BCUT2D eigenvalue weighted by Crippen LogP contribution is -2.11. The van der Waals surface area contributed by atoms with Crippen LogP contribution < -0.4 is 0 Å². The lowest BCUT2D eigenvalue weighted by molar-refractivity contribution is 0.465. The van der Waals surface area contributed by atoms with Gasteiger partial charge in [-0.2, -0.15) is 8.42 Å². The first-order valence-electron chi connectivity index (χ1n) is 3.50. The van der Waals surface area contributed by atoms with Crippen LogP contribution >= 0.6 is 0 Å². The van der Waals surface area contributed by atoms with Crippen LogP contribution in [0.3, 0.4) is 0 Å². The molecule has 0 fully saturated rings. The van der Waals surface area contributed by atoms with E-state index in [9.17, 15) is 8.42 Å². The number of H-pyrrole nitrogens is 1. The standard InChI is InChI=1S/C6H10N2O3S/c1-2-6(12(9,10)11)5-3-7-4-8-5/h3-4,6H,2H2,1H3,(H,7,8)(H,9,10,11). The molecule has 1 unspecified atom stereocenters. The van der Waals surface area contributed by atoms with Gasteiger partial charge in [0.25, 0.3) is 10.1 Å². The Labute approximate surface area is 70.6 Å². The van der Waals surface area contributed by atoms with Gasteiger partial charge in [-0.05, 0) is 6.42 Å². The van der Waals surface area contributed by atoms with Crippen LogP contribution in [-0.4, -0.2) is 22.9 Å². The molecule has 0 radical (unpaired) electrons. The Hall–Kier alpha value is -0.880. The number of hydrogen-bond donors (Lipinski definition) is 2. The number of imidazole rings is 1. The first-order valence-corrected chi connectivity index (χ1v) is 5.00. The molecule has 0 amide bonds. The van der Waals surface area contributed by atoms with E-state index in [0.29, 0.717) is 12.1 Å². The van der Waals surface area contributed by atoms with Gasteiger partial charge in [-0.15, -0.1) is 0 Å². The molecule has 1 aromatic rings. The van der Waals surface area contributed by atoms with Gasteiger partial charge in [0.1, 0.15) is 5.25 Å². The van der Waals surface area contributed by atoms with E-state index < -0.39 is 15.4 Å². The van der Waals surface area contributed by atoms with E-state index in [1.165, 1.54) is 12.5 Å². The lowest BCUT2D eigenvalue weighted by atomic mass is 10.3. The largest absolute Gasteiger partial charge is 0.347 e. The van der Waals surface area contributed by atoms with Crippen molar-refractivity contribution < 1.29 is 13.0 Å². The Bertz CT molecular complexity index is 330. The minimum absolute atomic E-state index is 0.320. The second-order valence-corrected chi connectivity index (χ2v) is 4.02. The molecule has 1 aromatic heterocycles. The number of rotatable bonds is 3. The van der Waals surface area contributed by atoms with E-state index in [1.807, 2.05) is 0 Å². The summed E-state index contributed by atoms with van der Waals surface area (Å²) in [7, 11) is -4.01. The predicted octanol–water partition coefficient (Wildman–Crippen LogP) is 0.749. The average Bonchev–Trinajstić information content (AvgIpc) is 2.38. The van der Waals surface area contributed by atoms with E-state index in [-0.39, 0.29) is 0 Å². The Morgan fingerprint density at radius 1 is 1.75 bits per heavy atom. The maximum Gasteiger partial charge on any atom is 0.273 e. The minimum Gasteiger partial charge on any atom is -0.347 e. The fraction of sp³-hybridized carbons (Fsp3) is 0.500. The Morgan fingerprint density at radius 2 is 2.42 bits per heavy atom. The highest BCUT2D eigenvalue weighted by atomic mass is 32.2. The van der Waals surface area contributed by atoms with Crippen molar-refractivity contribution in [1.29, 1.82) is 0 Å². The highest BCUT2D eigenvalue weighted by molar-refractivity contribution is 7.86. The number of aromatic nitrogens is 2. The fourth-order valence-corrected chi connectivity index (χ4v) is 1.90. The second kappa shape index (κ2) is 3.24. The molecule has 68 valence electrons. The summed E-state index contributed by atoms with van der Waals surface area (Å²) in [4.78, 5) is 6.32. The minimum atomic E-state index is -4.01. The summed E-state index contributed by atoms with van der Waals surface area (Å²) in [5, 5.41) is -0.889.